The molecular weight excluding hydrogens is 396 g/mol. The van der Waals surface area contributed by atoms with E-state index in [1.807, 2.05) is 13.8 Å². The Labute approximate surface area is 199 Å². The van der Waals surface area contributed by atoms with Gasteiger partial charge in [-0.15, -0.1) is 0 Å². The molecule has 1 fully saturated rings. The summed E-state index contributed by atoms with van der Waals surface area (Å²) >= 11 is 0. The van der Waals surface area contributed by atoms with Crippen molar-refractivity contribution in [3.63, 3.8) is 0 Å². The second-order valence-electron chi connectivity index (χ2n) is 10.8. The molecule has 0 aromatic heterocycles. The van der Waals surface area contributed by atoms with Crippen molar-refractivity contribution < 1.29 is 0 Å². The highest BCUT2D eigenvalue weighted by molar-refractivity contribution is 6.01. The van der Waals surface area contributed by atoms with Gasteiger partial charge in [-0.1, -0.05) is 95.1 Å². The lowest BCUT2D eigenvalue weighted by atomic mass is 9.54. The monoisotopic (exact) mass is 432 g/mol. The summed E-state index contributed by atoms with van der Waals surface area (Å²) in [7, 11) is 0. The van der Waals surface area contributed by atoms with Crippen LogP contribution in [-0.4, -0.2) is 0 Å². The van der Waals surface area contributed by atoms with Gasteiger partial charge in [0.1, 0.15) is 0 Å². The number of rotatable bonds is 0. The smallest absolute Gasteiger partial charge is 0.0158 e. The molecule has 0 heterocycles. The molecule has 0 bridgehead atoms. The molecule has 1 saturated carbocycles. The van der Waals surface area contributed by atoms with Crippen LogP contribution in [0, 0.1) is 11.8 Å². The zero-order chi connectivity index (χ0) is 22.7. The lowest BCUT2D eigenvalue weighted by Gasteiger charge is -2.50. The highest BCUT2D eigenvalue weighted by atomic mass is 14.5. The first kappa shape index (κ1) is 21.0. The number of benzene rings is 4. The van der Waals surface area contributed by atoms with Gasteiger partial charge in [-0.3, -0.25) is 0 Å². The van der Waals surface area contributed by atoms with Crippen LogP contribution in [0.15, 0.2) is 66.7 Å². The van der Waals surface area contributed by atoms with Gasteiger partial charge in [-0.05, 0) is 92.6 Å². The summed E-state index contributed by atoms with van der Waals surface area (Å²) in [6.45, 7) is 8.94. The summed E-state index contributed by atoms with van der Waals surface area (Å²) in [6.07, 6.45) is 6.95. The van der Waals surface area contributed by atoms with E-state index in [0.29, 0.717) is 5.92 Å². The zero-order valence-corrected chi connectivity index (χ0v) is 20.6. The van der Waals surface area contributed by atoms with E-state index < -0.39 is 0 Å². The lowest BCUT2D eigenvalue weighted by Crippen LogP contribution is -2.39. The summed E-state index contributed by atoms with van der Waals surface area (Å²) in [6, 6.07) is 25.8. The van der Waals surface area contributed by atoms with Crippen LogP contribution in [0.25, 0.3) is 21.5 Å². The van der Waals surface area contributed by atoms with Crippen molar-refractivity contribution >= 4 is 21.5 Å². The Morgan fingerprint density at radius 2 is 1.52 bits per heavy atom. The normalized spacial score (nSPS) is 24.3. The molecule has 4 aromatic rings. The minimum Gasteiger partial charge on any atom is -0.0683 e. The molecule has 3 aliphatic carbocycles. The van der Waals surface area contributed by atoms with E-state index in [1.54, 1.807) is 27.8 Å². The molecule has 7 rings (SSSR count). The Bertz CT molecular complexity index is 1360. The van der Waals surface area contributed by atoms with Gasteiger partial charge in [0.25, 0.3) is 0 Å². The van der Waals surface area contributed by atoms with Gasteiger partial charge in [0.05, 0.1) is 0 Å². The van der Waals surface area contributed by atoms with Crippen LogP contribution in [0.4, 0.5) is 0 Å². The van der Waals surface area contributed by atoms with E-state index in [9.17, 15) is 0 Å². The molecule has 3 aliphatic rings. The fourth-order valence-electron chi connectivity index (χ4n) is 7.64. The zero-order valence-electron chi connectivity index (χ0n) is 20.6. The summed E-state index contributed by atoms with van der Waals surface area (Å²) in [5, 5.41) is 5.56. The summed E-state index contributed by atoms with van der Waals surface area (Å²) in [4.78, 5) is 0. The predicted molar refractivity (Wildman–Crippen MR) is 142 cm³/mol. The maximum atomic E-state index is 2.51. The molecule has 0 nitrogen and oxygen atoms in total. The Hall–Kier alpha value is -2.60. The fourth-order valence-corrected chi connectivity index (χ4v) is 7.64. The second kappa shape index (κ2) is 7.73. The third kappa shape index (κ3) is 2.96. The van der Waals surface area contributed by atoms with Gasteiger partial charge in [-0.2, -0.15) is 0 Å². The van der Waals surface area contributed by atoms with Crippen molar-refractivity contribution in [2.75, 3.05) is 0 Å². The van der Waals surface area contributed by atoms with E-state index in [-0.39, 0.29) is 5.41 Å². The second-order valence-corrected chi connectivity index (χ2v) is 10.8. The quantitative estimate of drug-likeness (QED) is 0.243. The van der Waals surface area contributed by atoms with Crippen molar-refractivity contribution in [3.8, 4) is 0 Å². The van der Waals surface area contributed by atoms with Crippen molar-refractivity contribution in [2.45, 2.75) is 71.1 Å². The topological polar surface area (TPSA) is 0 Å². The Kier molecular flexibility index (Phi) is 4.91. The molecule has 33 heavy (non-hydrogen) atoms. The minimum absolute atomic E-state index is 0.0284. The third-order valence-corrected chi connectivity index (χ3v) is 8.94. The molecule has 0 spiro atoms. The van der Waals surface area contributed by atoms with E-state index in [0.717, 1.165) is 11.8 Å². The maximum absolute atomic E-state index is 2.51. The van der Waals surface area contributed by atoms with Crippen LogP contribution in [0.5, 0.6) is 0 Å². The lowest BCUT2D eigenvalue weighted by molar-refractivity contribution is 0.195. The molecule has 0 N–H and O–H groups in total. The van der Waals surface area contributed by atoms with Crippen molar-refractivity contribution in [2.24, 2.45) is 11.8 Å². The van der Waals surface area contributed by atoms with E-state index in [1.165, 1.54) is 53.6 Å². The Balaban J connectivity index is 0.00000101. The number of hydrogen-bond donors (Lipinski definition) is 0. The first-order valence-electron chi connectivity index (χ1n) is 13.2. The summed E-state index contributed by atoms with van der Waals surface area (Å²) in [5.41, 5.74) is 8.18. The largest absolute Gasteiger partial charge is 0.0683 e. The average molecular weight is 433 g/mol. The molecule has 4 aromatic carbocycles. The minimum atomic E-state index is 0.0284. The van der Waals surface area contributed by atoms with Crippen molar-refractivity contribution in [1.29, 1.82) is 0 Å². The van der Waals surface area contributed by atoms with Crippen molar-refractivity contribution in [1.82, 2.24) is 0 Å². The number of fused-ring (bicyclic) bond motifs is 7. The van der Waals surface area contributed by atoms with E-state index >= 15 is 0 Å². The van der Waals surface area contributed by atoms with Gasteiger partial charge in [0.2, 0.25) is 0 Å². The maximum Gasteiger partial charge on any atom is 0.0158 e. The Morgan fingerprint density at radius 3 is 2.33 bits per heavy atom. The molecule has 3 unspecified atom stereocenters. The SMILES string of the molecule is CC.CC1(C)c2cccc3c2C(c2ccc4cc5ccccc5cc4c21)C1CCCCC1C3. The molecule has 0 heteroatoms. The highest BCUT2D eigenvalue weighted by Crippen LogP contribution is 2.58. The average Bonchev–Trinajstić information content (AvgIpc) is 2.85. The predicted octanol–water partition coefficient (Wildman–Crippen LogP) is 9.15. The van der Waals surface area contributed by atoms with Gasteiger partial charge in [0.15, 0.2) is 0 Å². The van der Waals surface area contributed by atoms with Crippen LogP contribution in [0.1, 0.15) is 87.1 Å². The standard InChI is InChI=1S/C31H30.C2H6/c1-31(2)27-13-7-11-23-17-21-10-5-6-12-24(21)29(28(23)27)25-15-14-22-16-19-8-3-4-9-20(19)18-26(22)30(25)31;1-2/h3-4,7-9,11,13-16,18,21,24,29H,5-6,10,12,17H2,1-2H3;1-2H3. The molecule has 0 saturated heterocycles. The van der Waals surface area contributed by atoms with Gasteiger partial charge < -0.3 is 0 Å². The molecule has 0 amide bonds. The first-order valence-corrected chi connectivity index (χ1v) is 13.2. The van der Waals surface area contributed by atoms with Gasteiger partial charge in [-0.25, -0.2) is 0 Å². The van der Waals surface area contributed by atoms with Crippen molar-refractivity contribution in [3.05, 3.63) is 94.5 Å². The molecular formula is C33H36. The van der Waals surface area contributed by atoms with Crippen LogP contribution >= 0.6 is 0 Å². The summed E-state index contributed by atoms with van der Waals surface area (Å²) < 4.78 is 0. The first-order chi connectivity index (χ1) is 16.1. The van der Waals surface area contributed by atoms with Crippen LogP contribution < -0.4 is 0 Å². The molecule has 3 atom stereocenters. The molecule has 0 radical (unpaired) electrons. The summed E-state index contributed by atoms with van der Waals surface area (Å²) in [5.74, 6) is 2.27. The molecule has 0 aliphatic heterocycles. The van der Waals surface area contributed by atoms with Gasteiger partial charge >= 0.3 is 0 Å². The molecule has 168 valence electrons. The van der Waals surface area contributed by atoms with E-state index in [2.05, 4.69) is 80.6 Å². The third-order valence-electron chi connectivity index (χ3n) is 8.94. The van der Waals surface area contributed by atoms with Crippen LogP contribution in [0.3, 0.4) is 0 Å². The van der Waals surface area contributed by atoms with Crippen LogP contribution in [-0.2, 0) is 11.8 Å². The Morgan fingerprint density at radius 1 is 0.758 bits per heavy atom. The van der Waals surface area contributed by atoms with E-state index in [4.69, 9.17) is 0 Å². The number of hydrogen-bond acceptors (Lipinski definition) is 0. The highest BCUT2D eigenvalue weighted by Gasteiger charge is 2.47. The van der Waals surface area contributed by atoms with Gasteiger partial charge in [0, 0.05) is 11.3 Å². The van der Waals surface area contributed by atoms with Crippen LogP contribution in [0.2, 0.25) is 0 Å². The fraction of sp³-hybridized carbons (Fsp3) is 0.394.